The summed E-state index contributed by atoms with van der Waals surface area (Å²) in [5.74, 6) is -0.362. The molecule has 0 radical (unpaired) electrons. The molecule has 1 aliphatic carbocycles. The van der Waals surface area contributed by atoms with Crippen molar-refractivity contribution in [2.24, 2.45) is 0 Å². The first-order chi connectivity index (χ1) is 27.6. The first kappa shape index (κ1) is 42.9. The second-order valence-corrected chi connectivity index (χ2v) is 15.2. The van der Waals surface area contributed by atoms with E-state index in [1.807, 2.05) is 95.3 Å². The molecule has 57 heavy (non-hydrogen) atoms. The van der Waals surface area contributed by atoms with Crippen molar-refractivity contribution in [3.8, 4) is 11.1 Å². The first-order valence-corrected chi connectivity index (χ1v) is 20.3. The Labute approximate surface area is 338 Å². The Morgan fingerprint density at radius 1 is 0.702 bits per heavy atom. The van der Waals surface area contributed by atoms with Gasteiger partial charge in [0.15, 0.2) is 6.29 Å². The van der Waals surface area contributed by atoms with Crippen LogP contribution >= 0.6 is 0 Å². The Bertz CT molecular complexity index is 1770. The molecule has 2 N–H and O–H groups in total. The molecule has 0 saturated heterocycles. The number of nitrogens with one attached hydrogen (secondary N) is 2. The third-order valence-electron chi connectivity index (χ3n) is 10.00. The maximum atomic E-state index is 14.8. The van der Waals surface area contributed by atoms with Crippen LogP contribution in [-0.4, -0.2) is 80.4 Å². The highest BCUT2D eigenvalue weighted by Gasteiger charge is 2.32. The van der Waals surface area contributed by atoms with Crippen molar-refractivity contribution in [3.05, 3.63) is 131 Å². The fraction of sp³-hybridized carbons (Fsp3) is 0.426. The van der Waals surface area contributed by atoms with Crippen LogP contribution in [0, 0.1) is 0 Å². The van der Waals surface area contributed by atoms with E-state index < -0.39 is 30.1 Å². The number of unbranched alkanes of at least 4 members (excludes halogenated alkanes) is 1. The van der Waals surface area contributed by atoms with E-state index in [1.165, 1.54) is 0 Å². The van der Waals surface area contributed by atoms with E-state index in [9.17, 15) is 14.4 Å². The van der Waals surface area contributed by atoms with E-state index >= 15 is 0 Å². The second kappa shape index (κ2) is 21.4. The van der Waals surface area contributed by atoms with Gasteiger partial charge in [-0.1, -0.05) is 109 Å². The lowest BCUT2D eigenvalue weighted by Crippen LogP contribution is -2.51. The van der Waals surface area contributed by atoms with E-state index in [4.69, 9.17) is 18.9 Å². The molecule has 5 rings (SSSR count). The number of carbonyl (C=O) groups excluding carboxylic acids is 3. The fourth-order valence-electron chi connectivity index (χ4n) is 7.42. The molecule has 0 aliphatic heterocycles. The number of amides is 3. The van der Waals surface area contributed by atoms with Crippen LogP contribution in [0.3, 0.4) is 0 Å². The Kier molecular flexibility index (Phi) is 16.1. The summed E-state index contributed by atoms with van der Waals surface area (Å²) in [6.07, 6.45) is 0.249. The number of carbonyl (C=O) groups is 3. The topological polar surface area (TPSA) is 115 Å². The second-order valence-electron chi connectivity index (χ2n) is 15.2. The van der Waals surface area contributed by atoms with Gasteiger partial charge in [-0.3, -0.25) is 4.79 Å². The quantitative estimate of drug-likeness (QED) is 0.0680. The number of benzene rings is 4. The summed E-state index contributed by atoms with van der Waals surface area (Å²) in [4.78, 5) is 42.5. The van der Waals surface area contributed by atoms with Crippen molar-refractivity contribution in [3.63, 3.8) is 0 Å². The van der Waals surface area contributed by atoms with Crippen molar-refractivity contribution in [2.75, 3.05) is 39.5 Å². The van der Waals surface area contributed by atoms with Gasteiger partial charge in [-0.05, 0) is 93.7 Å². The predicted molar refractivity (Wildman–Crippen MR) is 223 cm³/mol. The summed E-state index contributed by atoms with van der Waals surface area (Å²) in [6, 6.07) is 36.0. The van der Waals surface area contributed by atoms with Crippen molar-refractivity contribution in [2.45, 2.75) is 90.1 Å². The van der Waals surface area contributed by atoms with Crippen LogP contribution in [0.25, 0.3) is 11.1 Å². The normalized spacial score (nSPS) is 12.8. The van der Waals surface area contributed by atoms with Gasteiger partial charge in [-0.25, -0.2) is 9.59 Å². The van der Waals surface area contributed by atoms with Gasteiger partial charge in [0.25, 0.3) is 0 Å². The molecular weight excluding hydrogens is 719 g/mol. The SMILES string of the molecule is CCOC(CN(CCC(c1ccccc1)c1ccccc1)C(=O)[C@H](CCCCNC(=O)OC(C)(C)C)NC(=O)OCC1c2ccccc2-c2ccccc21)OCC. The van der Waals surface area contributed by atoms with Gasteiger partial charge in [-0.2, -0.15) is 0 Å². The molecule has 4 aromatic carbocycles. The Balaban J connectivity index is 1.35. The van der Waals surface area contributed by atoms with Crippen LogP contribution < -0.4 is 10.6 Å². The third kappa shape index (κ3) is 12.7. The van der Waals surface area contributed by atoms with E-state index in [0.717, 1.165) is 33.4 Å². The summed E-state index contributed by atoms with van der Waals surface area (Å²) in [7, 11) is 0. The zero-order chi connectivity index (χ0) is 40.6. The van der Waals surface area contributed by atoms with Crippen LogP contribution in [0.2, 0.25) is 0 Å². The number of fused-ring (bicyclic) bond motifs is 3. The number of rotatable bonds is 20. The van der Waals surface area contributed by atoms with E-state index in [-0.39, 0.29) is 30.9 Å². The minimum absolute atomic E-state index is 0.0211. The molecule has 1 atom stereocenters. The van der Waals surface area contributed by atoms with Gasteiger partial charge in [0, 0.05) is 38.1 Å². The molecule has 10 nitrogen and oxygen atoms in total. The molecule has 10 heteroatoms. The summed E-state index contributed by atoms with van der Waals surface area (Å²) in [5.41, 5.74) is 6.15. The van der Waals surface area contributed by atoms with Crippen LogP contribution in [0.5, 0.6) is 0 Å². The lowest BCUT2D eigenvalue weighted by molar-refractivity contribution is -0.160. The average molecular weight is 778 g/mol. The van der Waals surface area contributed by atoms with Crippen LogP contribution in [0.15, 0.2) is 109 Å². The third-order valence-corrected chi connectivity index (χ3v) is 10.00. The molecule has 0 unspecified atom stereocenters. The lowest BCUT2D eigenvalue weighted by atomic mass is 9.88. The molecule has 1 aliphatic rings. The molecule has 0 heterocycles. The minimum atomic E-state index is -0.905. The largest absolute Gasteiger partial charge is 0.449 e. The van der Waals surface area contributed by atoms with Gasteiger partial charge in [0.2, 0.25) is 5.91 Å². The molecule has 0 spiro atoms. The molecule has 304 valence electrons. The summed E-state index contributed by atoms with van der Waals surface area (Å²) in [5, 5.41) is 5.73. The number of nitrogens with zero attached hydrogens (tertiary/aromatic N) is 1. The number of ether oxygens (including phenoxy) is 4. The summed E-state index contributed by atoms with van der Waals surface area (Å²) < 4.78 is 23.2. The van der Waals surface area contributed by atoms with Gasteiger partial charge in [0.1, 0.15) is 18.2 Å². The zero-order valence-electron chi connectivity index (χ0n) is 34.1. The maximum Gasteiger partial charge on any atom is 0.407 e. The summed E-state index contributed by atoms with van der Waals surface area (Å²) >= 11 is 0. The van der Waals surface area contributed by atoms with Crippen LogP contribution in [-0.2, 0) is 23.7 Å². The number of hydrogen-bond donors (Lipinski definition) is 2. The van der Waals surface area contributed by atoms with Gasteiger partial charge in [-0.15, -0.1) is 0 Å². The van der Waals surface area contributed by atoms with Gasteiger partial charge >= 0.3 is 12.2 Å². The minimum Gasteiger partial charge on any atom is -0.449 e. The van der Waals surface area contributed by atoms with E-state index in [0.29, 0.717) is 52.0 Å². The zero-order valence-corrected chi connectivity index (χ0v) is 34.1. The fourth-order valence-corrected chi connectivity index (χ4v) is 7.42. The van der Waals surface area contributed by atoms with Crippen LogP contribution in [0.1, 0.15) is 94.4 Å². The van der Waals surface area contributed by atoms with Gasteiger partial charge in [0.05, 0.1) is 6.54 Å². The molecule has 0 bridgehead atoms. The highest BCUT2D eigenvalue weighted by molar-refractivity contribution is 5.86. The molecule has 4 aromatic rings. The highest BCUT2D eigenvalue weighted by atomic mass is 16.7. The van der Waals surface area contributed by atoms with Crippen molar-refractivity contribution >= 4 is 18.1 Å². The first-order valence-electron chi connectivity index (χ1n) is 20.3. The van der Waals surface area contributed by atoms with Gasteiger partial charge < -0.3 is 34.5 Å². The van der Waals surface area contributed by atoms with Crippen LogP contribution in [0.4, 0.5) is 9.59 Å². The predicted octanol–water partition coefficient (Wildman–Crippen LogP) is 9.04. The maximum absolute atomic E-state index is 14.8. The van der Waals surface area contributed by atoms with E-state index in [1.54, 1.807) is 4.90 Å². The van der Waals surface area contributed by atoms with Crippen molar-refractivity contribution in [1.29, 1.82) is 0 Å². The van der Waals surface area contributed by atoms with E-state index in [2.05, 4.69) is 59.2 Å². The number of alkyl carbamates (subject to hydrolysis) is 2. The Hall–Kier alpha value is -5.19. The van der Waals surface area contributed by atoms with Crippen molar-refractivity contribution < 1.29 is 33.3 Å². The molecule has 0 fully saturated rings. The average Bonchev–Trinajstić information content (AvgIpc) is 3.52. The molecule has 0 saturated carbocycles. The highest BCUT2D eigenvalue weighted by Crippen LogP contribution is 2.44. The summed E-state index contributed by atoms with van der Waals surface area (Å²) in [6.45, 7) is 11.1. The monoisotopic (exact) mass is 777 g/mol. The smallest absolute Gasteiger partial charge is 0.407 e. The Morgan fingerprint density at radius 2 is 1.25 bits per heavy atom. The number of hydrogen-bond acceptors (Lipinski definition) is 7. The van der Waals surface area contributed by atoms with Crippen molar-refractivity contribution in [1.82, 2.24) is 15.5 Å². The molecular formula is C47H59N3O7. The molecule has 0 aromatic heterocycles. The molecule has 3 amide bonds. The lowest BCUT2D eigenvalue weighted by Gasteiger charge is -2.32. The standard InChI is InChI=1S/C47H59N3O7/c1-6-54-43(55-7-2)32-50(31-29-36(34-20-10-8-11-21-34)35-22-12-9-13-23-35)44(51)42(28-18-19-30-48-45(52)57-47(3,4)5)49-46(53)56-33-41-39-26-16-14-24-37(39)38-25-15-17-27-40(38)41/h8-17,20-27,36,41-43H,6-7,18-19,28-33H2,1-5H3,(H,48,52)(H,49,53)/t42-/m0/s1. The Morgan fingerprint density at radius 3 is 1.79 bits per heavy atom.